The summed E-state index contributed by atoms with van der Waals surface area (Å²) in [7, 11) is -1.77. The summed E-state index contributed by atoms with van der Waals surface area (Å²) in [5, 5.41) is 0.209. The van der Waals surface area contributed by atoms with Crippen LogP contribution in [-0.4, -0.2) is 8.32 Å². The molecule has 122 valence electrons. The molecule has 0 bridgehead atoms. The number of anilines is 1. The zero-order valence-electron chi connectivity index (χ0n) is 14.8. The molecule has 0 fully saturated rings. The summed E-state index contributed by atoms with van der Waals surface area (Å²) in [4.78, 5) is 0. The minimum absolute atomic E-state index is 0.209. The molecule has 2 aromatic rings. The maximum absolute atomic E-state index is 6.30. The topological polar surface area (TPSA) is 35.2 Å². The van der Waals surface area contributed by atoms with Gasteiger partial charge in [0.1, 0.15) is 5.75 Å². The molecule has 0 amide bonds. The molecule has 0 heterocycles. The van der Waals surface area contributed by atoms with Crippen molar-refractivity contribution in [1.29, 1.82) is 0 Å². The Kier molecular flexibility index (Phi) is 5.00. The SMILES string of the molecule is CC(C)(C)[Si](C)(C)Oc1ccc(/C=C/c2ccc(N)cc2)cc1. The summed E-state index contributed by atoms with van der Waals surface area (Å²) in [6.07, 6.45) is 4.19. The molecule has 3 heteroatoms. The van der Waals surface area contributed by atoms with Crippen molar-refractivity contribution in [2.24, 2.45) is 0 Å². The molecule has 0 aromatic heterocycles. The molecular weight excluding hydrogens is 298 g/mol. The summed E-state index contributed by atoms with van der Waals surface area (Å²) in [6, 6.07) is 16.2. The fraction of sp³-hybridized carbons (Fsp3) is 0.300. The zero-order valence-corrected chi connectivity index (χ0v) is 15.8. The van der Waals surface area contributed by atoms with Crippen molar-refractivity contribution >= 4 is 26.2 Å². The zero-order chi connectivity index (χ0) is 17.1. The predicted molar refractivity (Wildman–Crippen MR) is 104 cm³/mol. The number of hydrogen-bond donors (Lipinski definition) is 1. The summed E-state index contributed by atoms with van der Waals surface area (Å²) >= 11 is 0. The maximum Gasteiger partial charge on any atom is 0.250 e. The number of rotatable bonds is 4. The second-order valence-corrected chi connectivity index (χ2v) is 12.2. The quantitative estimate of drug-likeness (QED) is 0.436. The monoisotopic (exact) mass is 325 g/mol. The molecule has 23 heavy (non-hydrogen) atoms. The second-order valence-electron chi connectivity index (χ2n) is 7.43. The Morgan fingerprint density at radius 1 is 0.826 bits per heavy atom. The van der Waals surface area contributed by atoms with Gasteiger partial charge in [0.05, 0.1) is 0 Å². The third-order valence-corrected chi connectivity index (χ3v) is 8.82. The third-order valence-electron chi connectivity index (χ3n) is 4.46. The van der Waals surface area contributed by atoms with Crippen molar-refractivity contribution in [3.05, 3.63) is 59.7 Å². The third kappa shape index (κ3) is 4.73. The first-order chi connectivity index (χ1) is 10.7. The Hall–Kier alpha value is -2.00. The lowest BCUT2D eigenvalue weighted by Gasteiger charge is -2.36. The molecular formula is C20H27NOSi. The Morgan fingerprint density at radius 3 is 1.70 bits per heavy atom. The highest BCUT2D eigenvalue weighted by molar-refractivity contribution is 6.74. The fourth-order valence-corrected chi connectivity index (χ4v) is 2.93. The van der Waals surface area contributed by atoms with Crippen molar-refractivity contribution in [3.8, 4) is 5.75 Å². The van der Waals surface area contributed by atoms with Gasteiger partial charge in [-0.15, -0.1) is 0 Å². The van der Waals surface area contributed by atoms with Gasteiger partial charge in [0.15, 0.2) is 0 Å². The van der Waals surface area contributed by atoms with Crippen LogP contribution >= 0.6 is 0 Å². The molecule has 0 saturated carbocycles. The number of benzene rings is 2. The van der Waals surface area contributed by atoms with Crippen molar-refractivity contribution in [3.63, 3.8) is 0 Å². The average molecular weight is 326 g/mol. The first-order valence-electron chi connectivity index (χ1n) is 8.00. The van der Waals surface area contributed by atoms with E-state index in [2.05, 4.69) is 70.3 Å². The van der Waals surface area contributed by atoms with E-state index < -0.39 is 8.32 Å². The highest BCUT2D eigenvalue weighted by Crippen LogP contribution is 2.37. The van der Waals surface area contributed by atoms with E-state index in [1.54, 1.807) is 0 Å². The fourth-order valence-electron chi connectivity index (χ4n) is 1.89. The molecule has 0 saturated heterocycles. The van der Waals surface area contributed by atoms with E-state index in [1.807, 2.05) is 24.3 Å². The van der Waals surface area contributed by atoms with Gasteiger partial charge in [-0.25, -0.2) is 0 Å². The molecule has 0 spiro atoms. The van der Waals surface area contributed by atoms with Gasteiger partial charge in [-0.3, -0.25) is 0 Å². The molecule has 0 radical (unpaired) electrons. The summed E-state index contributed by atoms with van der Waals surface area (Å²) in [6.45, 7) is 11.3. The maximum atomic E-state index is 6.30. The lowest BCUT2D eigenvalue weighted by molar-refractivity contribution is 0.492. The second kappa shape index (κ2) is 6.63. The van der Waals surface area contributed by atoms with Crippen LogP contribution in [0.3, 0.4) is 0 Å². The highest BCUT2D eigenvalue weighted by Gasteiger charge is 2.38. The summed E-state index contributed by atoms with van der Waals surface area (Å²) in [5.41, 5.74) is 8.78. The summed E-state index contributed by atoms with van der Waals surface area (Å²) < 4.78 is 6.30. The molecule has 0 atom stereocenters. The van der Waals surface area contributed by atoms with Crippen molar-refractivity contribution in [1.82, 2.24) is 0 Å². The van der Waals surface area contributed by atoms with E-state index in [-0.39, 0.29) is 5.04 Å². The van der Waals surface area contributed by atoms with Gasteiger partial charge in [0.2, 0.25) is 8.32 Å². The van der Waals surface area contributed by atoms with Gasteiger partial charge in [-0.05, 0) is 53.5 Å². The van der Waals surface area contributed by atoms with Crippen LogP contribution in [0.4, 0.5) is 5.69 Å². The lowest BCUT2D eigenvalue weighted by Crippen LogP contribution is -2.43. The van der Waals surface area contributed by atoms with Gasteiger partial charge < -0.3 is 10.2 Å². The van der Waals surface area contributed by atoms with Gasteiger partial charge in [-0.2, -0.15) is 0 Å². The average Bonchev–Trinajstić information content (AvgIpc) is 2.47. The number of nitrogens with two attached hydrogens (primary N) is 1. The van der Waals surface area contributed by atoms with Crippen LogP contribution in [0.2, 0.25) is 18.1 Å². The molecule has 2 rings (SSSR count). The van der Waals surface area contributed by atoms with E-state index in [9.17, 15) is 0 Å². The van der Waals surface area contributed by atoms with Gasteiger partial charge in [0, 0.05) is 5.69 Å². The van der Waals surface area contributed by atoms with Crippen LogP contribution in [0.5, 0.6) is 5.75 Å². The van der Waals surface area contributed by atoms with E-state index in [4.69, 9.17) is 10.2 Å². The number of nitrogen functional groups attached to an aromatic ring is 1. The first kappa shape index (κ1) is 17.4. The van der Waals surface area contributed by atoms with Gasteiger partial charge in [-0.1, -0.05) is 57.2 Å². The largest absolute Gasteiger partial charge is 0.544 e. The van der Waals surface area contributed by atoms with E-state index in [0.29, 0.717) is 0 Å². The van der Waals surface area contributed by atoms with E-state index in [1.165, 1.54) is 0 Å². The smallest absolute Gasteiger partial charge is 0.250 e. The minimum atomic E-state index is -1.77. The Labute approximate surface area is 141 Å². The van der Waals surface area contributed by atoms with Crippen molar-refractivity contribution in [2.45, 2.75) is 38.9 Å². The van der Waals surface area contributed by atoms with Crippen LogP contribution in [0, 0.1) is 0 Å². The predicted octanol–water partition coefficient (Wildman–Crippen LogP) is 5.82. The molecule has 2 nitrogen and oxygen atoms in total. The molecule has 0 aliphatic heterocycles. The van der Waals surface area contributed by atoms with Gasteiger partial charge in [0.25, 0.3) is 0 Å². The van der Waals surface area contributed by atoms with Gasteiger partial charge >= 0.3 is 0 Å². The Balaban J connectivity index is 2.06. The molecule has 2 N–H and O–H groups in total. The van der Waals surface area contributed by atoms with Crippen LogP contribution in [-0.2, 0) is 0 Å². The molecule has 0 aliphatic carbocycles. The Bertz CT molecular complexity index is 664. The van der Waals surface area contributed by atoms with Crippen LogP contribution in [0.25, 0.3) is 12.2 Å². The first-order valence-corrected chi connectivity index (χ1v) is 10.9. The lowest BCUT2D eigenvalue weighted by atomic mass is 10.1. The Morgan fingerprint density at radius 2 is 1.26 bits per heavy atom. The van der Waals surface area contributed by atoms with Crippen molar-refractivity contribution in [2.75, 3.05) is 5.73 Å². The molecule has 0 unspecified atom stereocenters. The van der Waals surface area contributed by atoms with E-state index in [0.717, 1.165) is 22.6 Å². The highest BCUT2D eigenvalue weighted by atomic mass is 28.4. The normalized spacial score (nSPS) is 12.6. The van der Waals surface area contributed by atoms with Crippen molar-refractivity contribution < 1.29 is 4.43 Å². The minimum Gasteiger partial charge on any atom is -0.544 e. The van der Waals surface area contributed by atoms with Crippen LogP contribution in [0.1, 0.15) is 31.9 Å². The number of hydrogen-bond acceptors (Lipinski definition) is 2. The van der Waals surface area contributed by atoms with E-state index >= 15 is 0 Å². The molecule has 2 aromatic carbocycles. The van der Waals surface area contributed by atoms with Crippen LogP contribution < -0.4 is 10.2 Å². The molecule has 0 aliphatic rings. The standard InChI is InChI=1S/C20H27NOSi/c1-20(2,3)23(4,5)22-19-14-10-17(11-15-19)7-6-16-8-12-18(21)13-9-16/h6-15H,21H2,1-5H3/b7-6+. The van der Waals surface area contributed by atoms with Crippen LogP contribution in [0.15, 0.2) is 48.5 Å². The summed E-state index contributed by atoms with van der Waals surface area (Å²) in [5.74, 6) is 0.959.